The average Bonchev–Trinajstić information content (AvgIpc) is 2.68. The third-order valence-corrected chi connectivity index (χ3v) is 4.74. The minimum Gasteiger partial charge on any atom is -0.339 e. The number of nitrogens with zero attached hydrogens (tertiary/aromatic N) is 1. The lowest BCUT2D eigenvalue weighted by Gasteiger charge is -2.18. The van der Waals surface area contributed by atoms with Gasteiger partial charge in [0.1, 0.15) is 0 Å². The van der Waals surface area contributed by atoms with Gasteiger partial charge in [0.2, 0.25) is 5.91 Å². The van der Waals surface area contributed by atoms with Gasteiger partial charge in [0.25, 0.3) is 5.91 Å². The SMILES string of the molecule is CCN(CC)C(=O)c1ccc(NC(=O)CCC(=O)c2ccc(Br)cc2)cc1. The van der Waals surface area contributed by atoms with Crippen molar-refractivity contribution in [3.8, 4) is 0 Å². The Morgan fingerprint density at radius 2 is 1.41 bits per heavy atom. The number of amides is 2. The van der Waals surface area contributed by atoms with E-state index in [2.05, 4.69) is 21.2 Å². The standard InChI is InChI=1S/C21H23BrN2O3/c1-3-24(4-2)21(27)16-7-11-18(12-8-16)23-20(26)14-13-19(25)15-5-9-17(22)10-6-15/h5-12H,3-4,13-14H2,1-2H3,(H,23,26). The maximum Gasteiger partial charge on any atom is 0.253 e. The fourth-order valence-corrected chi connectivity index (χ4v) is 2.88. The third-order valence-electron chi connectivity index (χ3n) is 4.21. The van der Waals surface area contributed by atoms with Crippen LogP contribution in [0.3, 0.4) is 0 Å². The van der Waals surface area contributed by atoms with Gasteiger partial charge in [-0.15, -0.1) is 0 Å². The molecule has 27 heavy (non-hydrogen) atoms. The predicted molar refractivity (Wildman–Crippen MR) is 110 cm³/mol. The van der Waals surface area contributed by atoms with Crippen molar-refractivity contribution in [3.05, 3.63) is 64.1 Å². The first-order valence-electron chi connectivity index (χ1n) is 8.92. The van der Waals surface area contributed by atoms with Crippen molar-refractivity contribution in [1.29, 1.82) is 0 Å². The van der Waals surface area contributed by atoms with E-state index in [9.17, 15) is 14.4 Å². The van der Waals surface area contributed by atoms with Gasteiger partial charge in [-0.1, -0.05) is 28.1 Å². The summed E-state index contributed by atoms with van der Waals surface area (Å²) in [6.45, 7) is 5.18. The molecule has 0 spiro atoms. The predicted octanol–water partition coefficient (Wildman–Crippen LogP) is 4.53. The second-order valence-corrected chi connectivity index (χ2v) is 6.95. The van der Waals surface area contributed by atoms with E-state index in [1.54, 1.807) is 53.4 Å². The van der Waals surface area contributed by atoms with E-state index in [0.717, 1.165) is 4.47 Å². The van der Waals surface area contributed by atoms with Crippen molar-refractivity contribution in [3.63, 3.8) is 0 Å². The smallest absolute Gasteiger partial charge is 0.253 e. The Balaban J connectivity index is 1.87. The van der Waals surface area contributed by atoms with Gasteiger partial charge in [0, 0.05) is 47.2 Å². The van der Waals surface area contributed by atoms with Crippen molar-refractivity contribution < 1.29 is 14.4 Å². The lowest BCUT2D eigenvalue weighted by atomic mass is 10.1. The molecule has 2 aromatic rings. The van der Waals surface area contributed by atoms with E-state index < -0.39 is 0 Å². The van der Waals surface area contributed by atoms with Crippen molar-refractivity contribution in [2.24, 2.45) is 0 Å². The Hall–Kier alpha value is -2.47. The summed E-state index contributed by atoms with van der Waals surface area (Å²) in [7, 11) is 0. The second-order valence-electron chi connectivity index (χ2n) is 6.03. The van der Waals surface area contributed by atoms with Gasteiger partial charge in [0.15, 0.2) is 5.78 Å². The van der Waals surface area contributed by atoms with Gasteiger partial charge < -0.3 is 10.2 Å². The number of hydrogen-bond acceptors (Lipinski definition) is 3. The first-order valence-corrected chi connectivity index (χ1v) is 9.71. The monoisotopic (exact) mass is 430 g/mol. The number of carbonyl (C=O) groups is 3. The molecule has 0 bridgehead atoms. The van der Waals surface area contributed by atoms with E-state index in [1.807, 2.05) is 13.8 Å². The fraction of sp³-hybridized carbons (Fsp3) is 0.286. The number of ketones is 1. The molecule has 0 saturated carbocycles. The highest BCUT2D eigenvalue weighted by Gasteiger charge is 2.13. The number of carbonyl (C=O) groups excluding carboxylic acids is 3. The van der Waals surface area contributed by atoms with E-state index >= 15 is 0 Å². The summed E-state index contributed by atoms with van der Waals surface area (Å²) in [6, 6.07) is 13.9. The van der Waals surface area contributed by atoms with Gasteiger partial charge in [-0.3, -0.25) is 14.4 Å². The molecule has 1 N–H and O–H groups in total. The van der Waals surface area contributed by atoms with Crippen LogP contribution in [0.4, 0.5) is 5.69 Å². The molecule has 0 aliphatic rings. The highest BCUT2D eigenvalue weighted by molar-refractivity contribution is 9.10. The number of Topliss-reactive ketones (excluding diaryl/α,β-unsaturated/α-hetero) is 1. The molecular formula is C21H23BrN2O3. The van der Waals surface area contributed by atoms with E-state index in [1.165, 1.54) is 0 Å². The summed E-state index contributed by atoms with van der Waals surface area (Å²) in [4.78, 5) is 38.2. The number of hydrogen-bond donors (Lipinski definition) is 1. The largest absolute Gasteiger partial charge is 0.339 e. The summed E-state index contributed by atoms with van der Waals surface area (Å²) in [6.07, 6.45) is 0.251. The Bertz CT molecular complexity index is 797. The van der Waals surface area contributed by atoms with E-state index in [-0.39, 0.29) is 30.4 Å². The Morgan fingerprint density at radius 3 is 1.96 bits per heavy atom. The Morgan fingerprint density at radius 1 is 0.852 bits per heavy atom. The minimum absolute atomic E-state index is 0.0297. The van der Waals surface area contributed by atoms with Gasteiger partial charge in [-0.05, 0) is 50.2 Å². The number of rotatable bonds is 8. The van der Waals surface area contributed by atoms with Crippen LogP contribution in [-0.2, 0) is 4.79 Å². The van der Waals surface area contributed by atoms with Crippen LogP contribution in [0.1, 0.15) is 47.4 Å². The molecule has 0 aliphatic carbocycles. The molecule has 2 rings (SSSR count). The number of benzene rings is 2. The first-order chi connectivity index (χ1) is 12.9. The van der Waals surface area contributed by atoms with Gasteiger partial charge >= 0.3 is 0 Å². The van der Waals surface area contributed by atoms with Crippen LogP contribution in [0.5, 0.6) is 0 Å². The first kappa shape index (κ1) is 20.8. The molecule has 2 amide bonds. The molecule has 0 aromatic heterocycles. The molecule has 2 aromatic carbocycles. The summed E-state index contributed by atoms with van der Waals surface area (Å²) in [5.74, 6) is -0.334. The van der Waals surface area contributed by atoms with Gasteiger partial charge in [-0.2, -0.15) is 0 Å². The molecule has 0 aliphatic heterocycles. The van der Waals surface area contributed by atoms with E-state index in [4.69, 9.17) is 0 Å². The summed E-state index contributed by atoms with van der Waals surface area (Å²) in [5, 5.41) is 2.76. The molecule has 0 fully saturated rings. The van der Waals surface area contributed by atoms with Crippen LogP contribution < -0.4 is 5.32 Å². The van der Waals surface area contributed by atoms with Crippen LogP contribution in [0.15, 0.2) is 53.0 Å². The molecule has 0 radical (unpaired) electrons. The summed E-state index contributed by atoms with van der Waals surface area (Å²) >= 11 is 3.32. The average molecular weight is 431 g/mol. The molecule has 5 nitrogen and oxygen atoms in total. The fourth-order valence-electron chi connectivity index (χ4n) is 2.62. The van der Waals surface area contributed by atoms with Crippen LogP contribution >= 0.6 is 15.9 Å². The molecule has 142 valence electrons. The van der Waals surface area contributed by atoms with Crippen LogP contribution in [-0.4, -0.2) is 35.6 Å². The van der Waals surface area contributed by atoms with Crippen molar-refractivity contribution >= 4 is 39.2 Å². The summed E-state index contributed by atoms with van der Waals surface area (Å²) in [5.41, 5.74) is 1.78. The lowest BCUT2D eigenvalue weighted by molar-refractivity contribution is -0.116. The van der Waals surface area contributed by atoms with Crippen LogP contribution in [0.25, 0.3) is 0 Å². The van der Waals surface area contributed by atoms with Gasteiger partial charge in [0.05, 0.1) is 0 Å². The molecule has 6 heteroatoms. The topological polar surface area (TPSA) is 66.5 Å². The Kier molecular flexibility index (Phi) is 7.73. The third kappa shape index (κ3) is 6.03. The second kappa shape index (κ2) is 10.0. The Labute approximate surface area is 167 Å². The zero-order chi connectivity index (χ0) is 19.8. The highest BCUT2D eigenvalue weighted by Crippen LogP contribution is 2.14. The number of anilines is 1. The zero-order valence-corrected chi connectivity index (χ0v) is 17.1. The maximum absolute atomic E-state index is 12.3. The number of nitrogens with one attached hydrogen (secondary N) is 1. The van der Waals surface area contributed by atoms with Crippen molar-refractivity contribution in [2.75, 3.05) is 18.4 Å². The van der Waals surface area contributed by atoms with E-state index in [0.29, 0.717) is 29.9 Å². The molecule has 0 unspecified atom stereocenters. The molecular weight excluding hydrogens is 408 g/mol. The minimum atomic E-state index is -0.233. The van der Waals surface area contributed by atoms with Crippen molar-refractivity contribution in [2.45, 2.75) is 26.7 Å². The van der Waals surface area contributed by atoms with Gasteiger partial charge in [-0.25, -0.2) is 0 Å². The molecule has 0 atom stereocenters. The quantitative estimate of drug-likeness (QED) is 0.625. The zero-order valence-electron chi connectivity index (χ0n) is 15.5. The lowest BCUT2D eigenvalue weighted by Crippen LogP contribution is -2.30. The highest BCUT2D eigenvalue weighted by atomic mass is 79.9. The summed E-state index contributed by atoms with van der Waals surface area (Å²) < 4.78 is 0.903. The number of halogens is 1. The van der Waals surface area contributed by atoms with Crippen LogP contribution in [0.2, 0.25) is 0 Å². The molecule has 0 heterocycles. The molecule has 0 saturated heterocycles. The van der Waals surface area contributed by atoms with Crippen molar-refractivity contribution in [1.82, 2.24) is 4.90 Å². The van der Waals surface area contributed by atoms with Crippen LogP contribution in [0, 0.1) is 0 Å². The maximum atomic E-state index is 12.3. The normalized spacial score (nSPS) is 10.3.